The van der Waals surface area contributed by atoms with Crippen LogP contribution in [0.25, 0.3) is 0 Å². The Bertz CT molecular complexity index is 250. The van der Waals surface area contributed by atoms with Crippen molar-refractivity contribution in [1.82, 2.24) is 0 Å². The lowest BCUT2D eigenvalue weighted by Crippen LogP contribution is -2.14. The Morgan fingerprint density at radius 2 is 2.33 bits per heavy atom. The highest BCUT2D eigenvalue weighted by Crippen LogP contribution is 2.17. The monoisotopic (exact) mass is 168 g/mol. The first-order valence-electron chi connectivity index (χ1n) is 3.79. The maximum Gasteiger partial charge on any atom is 0.341 e. The quantitative estimate of drug-likeness (QED) is 0.555. The van der Waals surface area contributed by atoms with E-state index < -0.39 is 0 Å². The van der Waals surface area contributed by atoms with Crippen LogP contribution in [-0.2, 0) is 14.3 Å². The lowest BCUT2D eigenvalue weighted by molar-refractivity contribution is -0.136. The molecular weight excluding hydrogens is 156 g/mol. The van der Waals surface area contributed by atoms with E-state index in [0.29, 0.717) is 11.3 Å². The summed E-state index contributed by atoms with van der Waals surface area (Å²) in [5.74, 6) is 0.271. The predicted molar refractivity (Wildman–Crippen MR) is 44.4 cm³/mol. The van der Waals surface area contributed by atoms with Crippen LogP contribution in [0.4, 0.5) is 0 Å². The number of carbonyl (C=O) groups excluding carboxylic acids is 1. The Labute approximate surface area is 71.7 Å². The Kier molecular flexibility index (Phi) is 2.53. The van der Waals surface area contributed by atoms with Gasteiger partial charge in [-0.1, -0.05) is 0 Å². The van der Waals surface area contributed by atoms with Crippen LogP contribution in [0.3, 0.4) is 0 Å². The van der Waals surface area contributed by atoms with Gasteiger partial charge in [0.15, 0.2) is 0 Å². The van der Waals surface area contributed by atoms with Crippen LogP contribution in [0, 0.1) is 0 Å². The number of ether oxygens (including phenoxy) is 2. The number of esters is 1. The summed E-state index contributed by atoms with van der Waals surface area (Å²) >= 11 is 0. The number of carbonyl (C=O) groups is 1. The minimum Gasteiger partial charge on any atom is -0.490 e. The second-order valence-electron chi connectivity index (χ2n) is 2.64. The van der Waals surface area contributed by atoms with Crippen molar-refractivity contribution in [3.05, 3.63) is 23.5 Å². The number of methoxy groups -OCH3 is 1. The fourth-order valence-corrected chi connectivity index (χ4v) is 1.05. The van der Waals surface area contributed by atoms with Gasteiger partial charge in [-0.05, 0) is 26.0 Å². The van der Waals surface area contributed by atoms with E-state index in [0.717, 1.165) is 0 Å². The third-order valence-corrected chi connectivity index (χ3v) is 1.68. The molecule has 0 aromatic carbocycles. The van der Waals surface area contributed by atoms with E-state index in [1.807, 2.05) is 13.0 Å². The van der Waals surface area contributed by atoms with Crippen LogP contribution in [-0.4, -0.2) is 19.2 Å². The van der Waals surface area contributed by atoms with Crippen molar-refractivity contribution in [2.45, 2.75) is 20.0 Å². The molecule has 0 aliphatic carbocycles. The van der Waals surface area contributed by atoms with Crippen molar-refractivity contribution in [3.63, 3.8) is 0 Å². The maximum atomic E-state index is 11.1. The normalized spacial score (nSPS) is 22.1. The SMILES string of the molecule is COC(=O)C1=C(C)OC(C)C=C1. The van der Waals surface area contributed by atoms with Crippen LogP contribution in [0.5, 0.6) is 0 Å². The molecule has 0 aromatic rings. The van der Waals surface area contributed by atoms with E-state index in [2.05, 4.69) is 4.74 Å². The van der Waals surface area contributed by atoms with Crippen LogP contribution in [0.2, 0.25) is 0 Å². The van der Waals surface area contributed by atoms with Gasteiger partial charge in [-0.25, -0.2) is 4.79 Å². The standard InChI is InChI=1S/C9H12O3/c1-6-4-5-8(7(2)12-6)9(10)11-3/h4-6H,1-3H3. The largest absolute Gasteiger partial charge is 0.490 e. The molecule has 0 saturated heterocycles. The van der Waals surface area contributed by atoms with Gasteiger partial charge in [0.2, 0.25) is 0 Å². The zero-order chi connectivity index (χ0) is 9.14. The van der Waals surface area contributed by atoms with Gasteiger partial charge in [-0.15, -0.1) is 0 Å². The van der Waals surface area contributed by atoms with Crippen LogP contribution in [0.15, 0.2) is 23.5 Å². The van der Waals surface area contributed by atoms with Gasteiger partial charge < -0.3 is 9.47 Å². The molecule has 1 rings (SSSR count). The van der Waals surface area contributed by atoms with Gasteiger partial charge in [0.05, 0.1) is 12.7 Å². The number of rotatable bonds is 1. The molecule has 1 unspecified atom stereocenters. The van der Waals surface area contributed by atoms with Crippen molar-refractivity contribution in [2.75, 3.05) is 7.11 Å². The van der Waals surface area contributed by atoms with E-state index in [4.69, 9.17) is 4.74 Å². The smallest absolute Gasteiger partial charge is 0.341 e. The van der Waals surface area contributed by atoms with Crippen molar-refractivity contribution >= 4 is 5.97 Å². The zero-order valence-corrected chi connectivity index (χ0v) is 7.46. The highest BCUT2D eigenvalue weighted by atomic mass is 16.5. The van der Waals surface area contributed by atoms with E-state index in [1.165, 1.54) is 7.11 Å². The topological polar surface area (TPSA) is 35.5 Å². The lowest BCUT2D eigenvalue weighted by atomic mass is 10.1. The van der Waals surface area contributed by atoms with Gasteiger partial charge in [-0.3, -0.25) is 0 Å². The first-order valence-corrected chi connectivity index (χ1v) is 3.79. The van der Waals surface area contributed by atoms with E-state index >= 15 is 0 Å². The van der Waals surface area contributed by atoms with Gasteiger partial charge in [0.25, 0.3) is 0 Å². The van der Waals surface area contributed by atoms with Crippen molar-refractivity contribution in [1.29, 1.82) is 0 Å². The molecule has 1 aliphatic heterocycles. The molecule has 0 spiro atoms. The van der Waals surface area contributed by atoms with Crippen LogP contribution >= 0.6 is 0 Å². The Hall–Kier alpha value is -1.25. The molecule has 0 aromatic heterocycles. The average Bonchev–Trinajstić information content (AvgIpc) is 2.03. The first-order chi connectivity index (χ1) is 5.65. The summed E-state index contributed by atoms with van der Waals surface area (Å²) in [7, 11) is 1.36. The highest BCUT2D eigenvalue weighted by Gasteiger charge is 2.16. The molecule has 0 radical (unpaired) electrons. The highest BCUT2D eigenvalue weighted by molar-refractivity contribution is 5.92. The van der Waals surface area contributed by atoms with Gasteiger partial charge in [-0.2, -0.15) is 0 Å². The summed E-state index contributed by atoms with van der Waals surface area (Å²) in [4.78, 5) is 11.1. The average molecular weight is 168 g/mol. The third-order valence-electron chi connectivity index (χ3n) is 1.68. The minimum absolute atomic E-state index is 0.0402. The summed E-state index contributed by atoms with van der Waals surface area (Å²) in [6, 6.07) is 0. The summed E-state index contributed by atoms with van der Waals surface area (Å²) in [5, 5.41) is 0. The summed E-state index contributed by atoms with van der Waals surface area (Å²) in [6.45, 7) is 3.67. The van der Waals surface area contributed by atoms with Crippen molar-refractivity contribution in [3.8, 4) is 0 Å². The molecule has 0 bridgehead atoms. The Morgan fingerprint density at radius 3 is 2.83 bits per heavy atom. The van der Waals surface area contributed by atoms with Gasteiger partial charge in [0, 0.05) is 0 Å². The molecule has 3 nitrogen and oxygen atoms in total. The number of hydrogen-bond donors (Lipinski definition) is 0. The minimum atomic E-state index is -0.351. The molecule has 0 N–H and O–H groups in total. The molecule has 0 fully saturated rings. The molecule has 1 heterocycles. The molecule has 1 atom stereocenters. The Balaban J connectivity index is 2.84. The summed E-state index contributed by atoms with van der Waals surface area (Å²) < 4.78 is 9.88. The summed E-state index contributed by atoms with van der Waals surface area (Å²) in [5.41, 5.74) is 0.496. The molecule has 66 valence electrons. The van der Waals surface area contributed by atoms with Gasteiger partial charge >= 0.3 is 5.97 Å². The van der Waals surface area contributed by atoms with Crippen LogP contribution in [0.1, 0.15) is 13.8 Å². The van der Waals surface area contributed by atoms with E-state index in [1.54, 1.807) is 13.0 Å². The number of allylic oxidation sites excluding steroid dienone is 1. The lowest BCUT2D eigenvalue weighted by Gasteiger charge is -2.17. The van der Waals surface area contributed by atoms with Crippen molar-refractivity contribution < 1.29 is 14.3 Å². The predicted octanol–water partition coefficient (Wildman–Crippen LogP) is 1.41. The Morgan fingerprint density at radius 1 is 1.67 bits per heavy atom. The molecule has 12 heavy (non-hydrogen) atoms. The molecule has 0 saturated carbocycles. The molecule has 0 amide bonds. The second kappa shape index (κ2) is 3.43. The first kappa shape index (κ1) is 8.84. The fourth-order valence-electron chi connectivity index (χ4n) is 1.05. The van der Waals surface area contributed by atoms with E-state index in [-0.39, 0.29) is 12.1 Å². The van der Waals surface area contributed by atoms with Gasteiger partial charge in [0.1, 0.15) is 11.9 Å². The van der Waals surface area contributed by atoms with E-state index in [9.17, 15) is 4.79 Å². The van der Waals surface area contributed by atoms with Crippen molar-refractivity contribution in [2.24, 2.45) is 0 Å². The third kappa shape index (κ3) is 1.67. The molecular formula is C9H12O3. The number of hydrogen-bond acceptors (Lipinski definition) is 3. The fraction of sp³-hybridized carbons (Fsp3) is 0.444. The van der Waals surface area contributed by atoms with Crippen LogP contribution < -0.4 is 0 Å². The molecule has 3 heteroatoms. The molecule has 1 aliphatic rings. The zero-order valence-electron chi connectivity index (χ0n) is 7.46. The summed E-state index contributed by atoms with van der Waals surface area (Å²) in [6.07, 6.45) is 3.59. The maximum absolute atomic E-state index is 11.1. The second-order valence-corrected chi connectivity index (χ2v) is 2.64.